The normalized spacial score (nSPS) is 28.7. The number of thioether (sulfide) groups is 1. The summed E-state index contributed by atoms with van der Waals surface area (Å²) in [5, 5.41) is 23.7. The molecule has 3 aromatic rings. The van der Waals surface area contributed by atoms with Crippen molar-refractivity contribution in [1.29, 1.82) is 0 Å². The lowest BCUT2D eigenvalue weighted by atomic mass is 9.66. The number of fused-ring (bicyclic) bond motifs is 2. The highest BCUT2D eigenvalue weighted by atomic mass is 32.2. The predicted octanol–water partition coefficient (Wildman–Crippen LogP) is 2.79. The minimum atomic E-state index is -0.699. The number of carbonyl (C=O) groups is 3. The van der Waals surface area contributed by atoms with Gasteiger partial charge in [0.05, 0.1) is 22.1 Å². The second kappa shape index (κ2) is 10.5. The molecule has 5 atom stereocenters. The highest BCUT2D eigenvalue weighted by Crippen LogP contribution is 2.71. The largest absolute Gasteiger partial charge is 0.396 e. The lowest BCUT2D eigenvalue weighted by molar-refractivity contribution is -0.139. The molecule has 3 fully saturated rings. The van der Waals surface area contributed by atoms with Crippen LogP contribution in [0.25, 0.3) is 11.0 Å². The van der Waals surface area contributed by atoms with E-state index in [0.29, 0.717) is 31.5 Å². The third kappa shape index (κ3) is 4.35. The van der Waals surface area contributed by atoms with E-state index < -0.39 is 27.4 Å². The lowest BCUT2D eigenvalue weighted by Crippen LogP contribution is -2.54. The number of hydrogen-bond acceptors (Lipinski definition) is 7. The van der Waals surface area contributed by atoms with Crippen molar-refractivity contribution in [1.82, 2.24) is 25.2 Å². The Morgan fingerprint density at radius 3 is 2.62 bits per heavy atom. The first-order valence-corrected chi connectivity index (χ1v) is 14.7. The highest BCUT2D eigenvalue weighted by Gasteiger charge is 2.77. The molecule has 210 valence electrons. The first-order chi connectivity index (χ1) is 19.4. The molecule has 4 heterocycles. The van der Waals surface area contributed by atoms with E-state index in [1.165, 1.54) is 0 Å². The molecule has 2 aromatic carbocycles. The summed E-state index contributed by atoms with van der Waals surface area (Å²) < 4.78 is 0.514. The van der Waals surface area contributed by atoms with Crippen LogP contribution in [0.2, 0.25) is 0 Å². The van der Waals surface area contributed by atoms with Gasteiger partial charge in [0.25, 0.3) is 0 Å². The summed E-state index contributed by atoms with van der Waals surface area (Å²) in [7, 11) is 0. The second-order valence-corrected chi connectivity index (χ2v) is 13.1. The third-order valence-corrected chi connectivity index (χ3v) is 10.7. The van der Waals surface area contributed by atoms with Gasteiger partial charge in [-0.2, -0.15) is 0 Å². The Morgan fingerprint density at radius 2 is 1.82 bits per heavy atom. The van der Waals surface area contributed by atoms with Gasteiger partial charge >= 0.3 is 0 Å². The van der Waals surface area contributed by atoms with E-state index >= 15 is 0 Å². The van der Waals surface area contributed by atoms with Crippen LogP contribution in [0.5, 0.6) is 0 Å². The SMILES string of the molecule is C[C@@]12CCC3(S1)C(C(=O)NCn1nnc4ccccc41)N(CCCCCO)C(=O)[C@@H]3[C@@H]2C(=O)Nc1ccccc1. The summed E-state index contributed by atoms with van der Waals surface area (Å²) in [4.78, 5) is 43.6. The maximum atomic E-state index is 14.1. The van der Waals surface area contributed by atoms with E-state index in [2.05, 4.69) is 27.9 Å². The average molecular weight is 563 g/mol. The number of amides is 3. The Morgan fingerprint density at radius 1 is 1.05 bits per heavy atom. The van der Waals surface area contributed by atoms with Gasteiger partial charge in [0.1, 0.15) is 18.2 Å². The molecular formula is C29H34N6O4S. The first-order valence-electron chi connectivity index (χ1n) is 13.9. The van der Waals surface area contributed by atoms with E-state index in [-0.39, 0.29) is 31.0 Å². The molecule has 2 unspecified atom stereocenters. The number of nitrogens with zero attached hydrogens (tertiary/aromatic N) is 4. The first kappa shape index (κ1) is 26.8. The molecule has 2 bridgehead atoms. The van der Waals surface area contributed by atoms with Crippen molar-refractivity contribution in [2.75, 3.05) is 18.5 Å². The Hall–Kier alpha value is -3.44. The van der Waals surface area contributed by atoms with Crippen LogP contribution in [0.4, 0.5) is 5.69 Å². The Labute approximate surface area is 236 Å². The van der Waals surface area contributed by atoms with Crippen LogP contribution in [0.15, 0.2) is 54.6 Å². The molecule has 0 saturated carbocycles. The number of unbranched alkanes of at least 4 members (excludes halogenated alkanes) is 2. The zero-order valence-electron chi connectivity index (χ0n) is 22.5. The summed E-state index contributed by atoms with van der Waals surface area (Å²) in [5.41, 5.74) is 2.24. The van der Waals surface area contributed by atoms with Gasteiger partial charge in [-0.3, -0.25) is 14.4 Å². The van der Waals surface area contributed by atoms with Crippen molar-refractivity contribution in [2.24, 2.45) is 11.8 Å². The van der Waals surface area contributed by atoms with Gasteiger partial charge < -0.3 is 20.6 Å². The Kier molecular flexibility index (Phi) is 7.03. The molecule has 3 N–H and O–H groups in total. The summed E-state index contributed by atoms with van der Waals surface area (Å²) in [6.07, 6.45) is 3.51. The smallest absolute Gasteiger partial charge is 0.245 e. The van der Waals surface area contributed by atoms with E-state index in [1.807, 2.05) is 54.6 Å². The topological polar surface area (TPSA) is 129 Å². The van der Waals surface area contributed by atoms with Crippen LogP contribution in [0.1, 0.15) is 39.0 Å². The van der Waals surface area contributed by atoms with E-state index in [4.69, 9.17) is 0 Å². The summed E-state index contributed by atoms with van der Waals surface area (Å²) in [6.45, 7) is 2.69. The molecule has 1 aromatic heterocycles. The monoisotopic (exact) mass is 562 g/mol. The van der Waals surface area contributed by atoms with Crippen LogP contribution in [-0.2, 0) is 21.1 Å². The standard InChI is InChI=1S/C29H34N6O4S/c1-28-14-15-29(40-28)23(22(28)25(37)31-19-10-4-2-5-11-19)27(39)34(16-8-3-9-17-36)24(29)26(38)30-18-35-21-13-7-6-12-20(21)32-33-35/h2,4-7,10-13,22-24,36H,3,8-9,14-18H2,1H3,(H,30,38)(H,31,37)/t22-,23+,24?,28+,29?/m1/s1. The fourth-order valence-electron chi connectivity index (χ4n) is 6.96. The number of nitrogens with one attached hydrogen (secondary N) is 2. The molecule has 11 heteroatoms. The molecular weight excluding hydrogens is 528 g/mol. The molecule has 0 aliphatic carbocycles. The number of rotatable bonds is 10. The van der Waals surface area contributed by atoms with Gasteiger partial charge in [-0.1, -0.05) is 35.5 Å². The van der Waals surface area contributed by atoms with Gasteiger partial charge in [-0.05, 0) is 63.3 Å². The molecule has 6 rings (SSSR count). The minimum absolute atomic E-state index is 0.0895. The zero-order valence-corrected chi connectivity index (χ0v) is 23.3. The van der Waals surface area contributed by atoms with Gasteiger partial charge in [0.15, 0.2) is 0 Å². The average Bonchev–Trinajstić information content (AvgIpc) is 3.66. The summed E-state index contributed by atoms with van der Waals surface area (Å²) >= 11 is 1.65. The number of hydrogen-bond donors (Lipinski definition) is 3. The maximum absolute atomic E-state index is 14.1. The van der Waals surface area contributed by atoms with Crippen molar-refractivity contribution in [3.63, 3.8) is 0 Å². The number of aromatic nitrogens is 3. The molecule has 3 aliphatic heterocycles. The van der Waals surface area contributed by atoms with E-state index in [9.17, 15) is 19.5 Å². The maximum Gasteiger partial charge on any atom is 0.245 e. The molecule has 40 heavy (non-hydrogen) atoms. The van der Waals surface area contributed by atoms with Crippen molar-refractivity contribution in [2.45, 2.75) is 61.2 Å². The number of anilines is 1. The van der Waals surface area contributed by atoms with E-state index in [1.54, 1.807) is 21.3 Å². The molecule has 3 saturated heterocycles. The zero-order chi connectivity index (χ0) is 27.9. The summed E-state index contributed by atoms with van der Waals surface area (Å²) in [6, 6.07) is 16.1. The molecule has 3 amide bonds. The molecule has 10 nitrogen and oxygen atoms in total. The van der Waals surface area contributed by atoms with Crippen LogP contribution in [0, 0.1) is 11.8 Å². The quantitative estimate of drug-likeness (QED) is 0.324. The van der Waals surface area contributed by atoms with Gasteiger partial charge in [-0.15, -0.1) is 16.9 Å². The minimum Gasteiger partial charge on any atom is -0.396 e. The predicted molar refractivity (Wildman–Crippen MR) is 152 cm³/mol. The third-order valence-electron chi connectivity index (χ3n) is 8.73. The van der Waals surface area contributed by atoms with Gasteiger partial charge in [-0.25, -0.2) is 4.68 Å². The van der Waals surface area contributed by atoms with Gasteiger partial charge in [0, 0.05) is 23.6 Å². The van der Waals surface area contributed by atoms with E-state index in [0.717, 1.165) is 23.9 Å². The number of aliphatic hydroxyl groups is 1. The fraction of sp³-hybridized carbons (Fsp3) is 0.483. The Balaban J connectivity index is 1.29. The van der Waals surface area contributed by atoms with Crippen molar-refractivity contribution in [3.05, 3.63) is 54.6 Å². The van der Waals surface area contributed by atoms with Crippen molar-refractivity contribution < 1.29 is 19.5 Å². The van der Waals surface area contributed by atoms with Crippen LogP contribution in [-0.4, -0.2) is 71.4 Å². The van der Waals surface area contributed by atoms with Crippen LogP contribution in [0.3, 0.4) is 0 Å². The number of likely N-dealkylation sites (tertiary alicyclic amines) is 1. The fourth-order valence-corrected chi connectivity index (χ4v) is 9.32. The van der Waals surface area contributed by atoms with Gasteiger partial charge in [0.2, 0.25) is 17.7 Å². The number of benzene rings is 2. The Bertz CT molecular complexity index is 1430. The number of aliphatic hydroxyl groups excluding tert-OH is 1. The number of para-hydroxylation sites is 2. The lowest BCUT2D eigenvalue weighted by Gasteiger charge is -2.34. The highest BCUT2D eigenvalue weighted by molar-refractivity contribution is 8.02. The van der Waals surface area contributed by atoms with Crippen LogP contribution >= 0.6 is 11.8 Å². The molecule has 1 spiro atoms. The van der Waals surface area contributed by atoms with Crippen LogP contribution < -0.4 is 10.6 Å². The molecule has 3 aliphatic rings. The van der Waals surface area contributed by atoms with Crippen molar-refractivity contribution in [3.8, 4) is 0 Å². The van der Waals surface area contributed by atoms with Crippen molar-refractivity contribution >= 4 is 46.2 Å². The number of carbonyl (C=O) groups excluding carboxylic acids is 3. The summed E-state index contributed by atoms with van der Waals surface area (Å²) in [5.74, 6) is -1.66. The second-order valence-electron chi connectivity index (χ2n) is 11.2. The molecule has 0 radical (unpaired) electrons.